The molecular formula is C8H12N4O2. The number of nitrogens with zero attached hydrogens (tertiary/aromatic N) is 2. The molecule has 0 aliphatic carbocycles. The van der Waals surface area contributed by atoms with Crippen LogP contribution in [0.4, 0.5) is 0 Å². The van der Waals surface area contributed by atoms with E-state index in [4.69, 9.17) is 4.52 Å². The van der Waals surface area contributed by atoms with Crippen molar-refractivity contribution in [3.8, 4) is 0 Å². The molecule has 2 N–H and O–H groups in total. The minimum atomic E-state index is -0.321. The Morgan fingerprint density at radius 2 is 2.57 bits per heavy atom. The zero-order valence-electron chi connectivity index (χ0n) is 7.91. The van der Waals surface area contributed by atoms with E-state index in [9.17, 15) is 4.79 Å². The van der Waals surface area contributed by atoms with Crippen molar-refractivity contribution in [1.29, 1.82) is 0 Å². The summed E-state index contributed by atoms with van der Waals surface area (Å²) in [5.41, 5.74) is 0. The molecule has 0 bridgehead atoms. The van der Waals surface area contributed by atoms with Gasteiger partial charge in [-0.25, -0.2) is 0 Å². The quantitative estimate of drug-likeness (QED) is 0.687. The average molecular weight is 196 g/mol. The Balaban J connectivity index is 2.12. The minimum Gasteiger partial charge on any atom is -0.352 e. The van der Waals surface area contributed by atoms with Gasteiger partial charge in [0.1, 0.15) is 0 Å². The SMILES string of the molecule is CNC(=O)c1noc(C2CCCN2)n1. The highest BCUT2D eigenvalue weighted by Crippen LogP contribution is 2.20. The van der Waals surface area contributed by atoms with Crippen molar-refractivity contribution in [3.63, 3.8) is 0 Å². The maximum Gasteiger partial charge on any atom is 0.292 e. The average Bonchev–Trinajstić information content (AvgIpc) is 2.86. The monoisotopic (exact) mass is 196 g/mol. The molecule has 1 amide bonds. The number of amides is 1. The van der Waals surface area contributed by atoms with Crippen LogP contribution in [0.5, 0.6) is 0 Å². The first kappa shape index (κ1) is 9.14. The smallest absolute Gasteiger partial charge is 0.292 e. The molecule has 1 aromatic rings. The first-order valence-electron chi connectivity index (χ1n) is 4.60. The van der Waals surface area contributed by atoms with Crippen LogP contribution in [0.2, 0.25) is 0 Å². The molecule has 6 nitrogen and oxygen atoms in total. The van der Waals surface area contributed by atoms with Gasteiger partial charge < -0.3 is 15.2 Å². The van der Waals surface area contributed by atoms with E-state index in [1.165, 1.54) is 7.05 Å². The first-order valence-corrected chi connectivity index (χ1v) is 4.60. The normalized spacial score (nSPS) is 21.1. The fraction of sp³-hybridized carbons (Fsp3) is 0.625. The summed E-state index contributed by atoms with van der Waals surface area (Å²) in [6.07, 6.45) is 2.08. The summed E-state index contributed by atoms with van der Waals surface area (Å²) in [7, 11) is 1.53. The summed E-state index contributed by atoms with van der Waals surface area (Å²) in [5.74, 6) is 0.273. The maximum atomic E-state index is 11.1. The van der Waals surface area contributed by atoms with Crippen molar-refractivity contribution < 1.29 is 9.32 Å². The molecule has 14 heavy (non-hydrogen) atoms. The van der Waals surface area contributed by atoms with E-state index in [0.717, 1.165) is 19.4 Å². The van der Waals surface area contributed by atoms with Crippen LogP contribution in [-0.2, 0) is 0 Å². The molecule has 1 atom stereocenters. The summed E-state index contributed by atoms with van der Waals surface area (Å²) < 4.78 is 4.99. The molecule has 1 saturated heterocycles. The molecule has 0 radical (unpaired) electrons. The van der Waals surface area contributed by atoms with Gasteiger partial charge in [0.05, 0.1) is 6.04 Å². The Bertz CT molecular complexity index is 330. The van der Waals surface area contributed by atoms with Crippen molar-refractivity contribution in [2.75, 3.05) is 13.6 Å². The predicted octanol–water partition coefficient (Wildman–Crippen LogP) is -0.146. The molecule has 0 spiro atoms. The second kappa shape index (κ2) is 3.75. The highest BCUT2D eigenvalue weighted by Gasteiger charge is 2.23. The van der Waals surface area contributed by atoms with Gasteiger partial charge in [0, 0.05) is 7.05 Å². The van der Waals surface area contributed by atoms with E-state index in [1.807, 2.05) is 0 Å². The van der Waals surface area contributed by atoms with Crippen molar-refractivity contribution in [2.45, 2.75) is 18.9 Å². The standard InChI is InChI=1S/C8H12N4O2/c1-9-7(13)6-11-8(14-12-6)5-3-2-4-10-5/h5,10H,2-4H2,1H3,(H,9,13). The summed E-state index contributed by atoms with van der Waals surface area (Å²) in [6.45, 7) is 0.961. The fourth-order valence-electron chi connectivity index (χ4n) is 1.48. The molecular weight excluding hydrogens is 184 g/mol. The van der Waals surface area contributed by atoms with Crippen LogP contribution in [0.15, 0.2) is 4.52 Å². The number of carbonyl (C=O) groups excluding carboxylic acids is 1. The lowest BCUT2D eigenvalue weighted by Gasteiger charge is -2.01. The van der Waals surface area contributed by atoms with Gasteiger partial charge >= 0.3 is 0 Å². The van der Waals surface area contributed by atoms with Crippen molar-refractivity contribution in [3.05, 3.63) is 11.7 Å². The molecule has 76 valence electrons. The van der Waals surface area contributed by atoms with E-state index in [-0.39, 0.29) is 17.8 Å². The highest BCUT2D eigenvalue weighted by molar-refractivity contribution is 5.89. The molecule has 6 heteroatoms. The van der Waals surface area contributed by atoms with Gasteiger partial charge in [0.25, 0.3) is 11.7 Å². The van der Waals surface area contributed by atoms with Crippen LogP contribution in [0.3, 0.4) is 0 Å². The molecule has 1 aromatic heterocycles. The summed E-state index contributed by atoms with van der Waals surface area (Å²) in [6, 6.07) is 0.112. The lowest BCUT2D eigenvalue weighted by atomic mass is 10.2. The van der Waals surface area contributed by atoms with E-state index in [1.54, 1.807) is 0 Å². The maximum absolute atomic E-state index is 11.1. The Hall–Kier alpha value is -1.43. The number of hydrogen-bond donors (Lipinski definition) is 2. The van der Waals surface area contributed by atoms with Crippen LogP contribution in [0, 0.1) is 0 Å². The lowest BCUT2D eigenvalue weighted by molar-refractivity contribution is 0.0950. The van der Waals surface area contributed by atoms with Crippen molar-refractivity contribution in [2.24, 2.45) is 0 Å². The van der Waals surface area contributed by atoms with E-state index in [0.29, 0.717) is 5.89 Å². The van der Waals surface area contributed by atoms with Gasteiger partial charge in [0.2, 0.25) is 5.89 Å². The third kappa shape index (κ3) is 1.60. The lowest BCUT2D eigenvalue weighted by Crippen LogP contribution is -2.19. The summed E-state index contributed by atoms with van der Waals surface area (Å²) in [5, 5.41) is 9.25. The molecule has 1 unspecified atom stereocenters. The molecule has 2 heterocycles. The van der Waals surface area contributed by atoms with Crippen LogP contribution >= 0.6 is 0 Å². The Morgan fingerprint density at radius 3 is 3.21 bits per heavy atom. The van der Waals surface area contributed by atoms with Crippen LogP contribution in [0.25, 0.3) is 0 Å². The second-order valence-electron chi connectivity index (χ2n) is 3.18. The fourth-order valence-corrected chi connectivity index (χ4v) is 1.48. The highest BCUT2D eigenvalue weighted by atomic mass is 16.5. The summed E-state index contributed by atoms with van der Waals surface area (Å²) in [4.78, 5) is 15.1. The zero-order valence-corrected chi connectivity index (χ0v) is 7.91. The number of hydrogen-bond acceptors (Lipinski definition) is 5. The molecule has 1 aliphatic rings. The molecule has 0 aromatic carbocycles. The number of rotatable bonds is 2. The number of carbonyl (C=O) groups is 1. The van der Waals surface area contributed by atoms with Gasteiger partial charge in [-0.1, -0.05) is 5.16 Å². The Kier molecular flexibility index (Phi) is 2.45. The van der Waals surface area contributed by atoms with Crippen molar-refractivity contribution >= 4 is 5.91 Å². The van der Waals surface area contributed by atoms with Gasteiger partial charge in [0.15, 0.2) is 0 Å². The van der Waals surface area contributed by atoms with Gasteiger partial charge in [-0.3, -0.25) is 4.79 Å². The molecule has 2 rings (SSSR count). The largest absolute Gasteiger partial charge is 0.352 e. The van der Waals surface area contributed by atoms with Crippen LogP contribution < -0.4 is 10.6 Å². The van der Waals surface area contributed by atoms with E-state index in [2.05, 4.69) is 20.8 Å². The van der Waals surface area contributed by atoms with Gasteiger partial charge in [-0.15, -0.1) is 0 Å². The third-order valence-electron chi connectivity index (χ3n) is 2.23. The topological polar surface area (TPSA) is 80.0 Å². The van der Waals surface area contributed by atoms with E-state index < -0.39 is 0 Å². The minimum absolute atomic E-state index is 0.0937. The molecule has 1 fully saturated rings. The zero-order chi connectivity index (χ0) is 9.97. The number of nitrogens with one attached hydrogen (secondary N) is 2. The van der Waals surface area contributed by atoms with Crippen molar-refractivity contribution in [1.82, 2.24) is 20.8 Å². The van der Waals surface area contributed by atoms with Crippen LogP contribution in [-0.4, -0.2) is 29.6 Å². The molecule has 1 aliphatic heterocycles. The van der Waals surface area contributed by atoms with Gasteiger partial charge in [-0.2, -0.15) is 4.98 Å². The van der Waals surface area contributed by atoms with Gasteiger partial charge in [-0.05, 0) is 19.4 Å². The number of aromatic nitrogens is 2. The summed E-state index contributed by atoms with van der Waals surface area (Å²) >= 11 is 0. The Morgan fingerprint density at radius 1 is 1.71 bits per heavy atom. The second-order valence-corrected chi connectivity index (χ2v) is 3.18. The first-order chi connectivity index (χ1) is 6.81. The Labute approximate surface area is 81.1 Å². The third-order valence-corrected chi connectivity index (χ3v) is 2.23. The predicted molar refractivity (Wildman–Crippen MR) is 47.7 cm³/mol. The van der Waals surface area contributed by atoms with E-state index >= 15 is 0 Å². The molecule has 0 saturated carbocycles. The van der Waals surface area contributed by atoms with Crippen LogP contribution in [0.1, 0.15) is 35.4 Å².